The van der Waals surface area contributed by atoms with Gasteiger partial charge in [0.25, 0.3) is 0 Å². The summed E-state index contributed by atoms with van der Waals surface area (Å²) in [6, 6.07) is 9.38. The molecule has 2 N–H and O–H groups in total. The fourth-order valence-corrected chi connectivity index (χ4v) is 2.86. The minimum Gasteiger partial charge on any atom is -0.384 e. The molecule has 0 saturated carbocycles. The number of anilines is 1. The summed E-state index contributed by atoms with van der Waals surface area (Å²) in [6.07, 6.45) is -0.461. The molecule has 0 fully saturated rings. The summed E-state index contributed by atoms with van der Waals surface area (Å²) in [6.45, 7) is 4.05. The van der Waals surface area contributed by atoms with Gasteiger partial charge in [0.05, 0.1) is 6.42 Å². The third kappa shape index (κ3) is 2.55. The number of aliphatic hydroxyl groups is 1. The lowest BCUT2D eigenvalue weighted by Gasteiger charge is -2.16. The minimum absolute atomic E-state index is 0.0427. The minimum atomic E-state index is -0.794. The maximum absolute atomic E-state index is 11.4. The van der Waals surface area contributed by atoms with Gasteiger partial charge in [-0.1, -0.05) is 29.8 Å². The first-order valence-electron chi connectivity index (χ1n) is 6.83. The number of nitrogens with one attached hydrogen (secondary N) is 1. The lowest BCUT2D eigenvalue weighted by atomic mass is 9.96. The monoisotopic (exact) mass is 301 g/mol. The van der Waals surface area contributed by atoms with Gasteiger partial charge in [-0.3, -0.25) is 4.79 Å². The van der Waals surface area contributed by atoms with Gasteiger partial charge in [-0.05, 0) is 48.2 Å². The average molecular weight is 302 g/mol. The number of fused-ring (bicyclic) bond motifs is 1. The van der Waals surface area contributed by atoms with E-state index in [4.69, 9.17) is 11.6 Å². The molecule has 0 radical (unpaired) electrons. The SMILES string of the molecule is Cc1ccc(C(O)c2cc3c(cc2Cl)NC(=O)C3)cc1C. The van der Waals surface area contributed by atoms with E-state index in [0.717, 1.165) is 22.4 Å². The van der Waals surface area contributed by atoms with Crippen LogP contribution < -0.4 is 5.32 Å². The lowest BCUT2D eigenvalue weighted by molar-refractivity contribution is -0.115. The first-order chi connectivity index (χ1) is 9.95. The molecular weight excluding hydrogens is 286 g/mol. The Bertz CT molecular complexity index is 740. The summed E-state index contributed by atoms with van der Waals surface area (Å²) in [5.74, 6) is -0.0427. The topological polar surface area (TPSA) is 49.3 Å². The standard InChI is InChI=1S/C17H16ClNO2/c1-9-3-4-11(5-10(9)2)17(21)13-6-12-7-16(20)19-15(12)8-14(13)18/h3-6,8,17,21H,7H2,1-2H3,(H,19,20). The van der Waals surface area contributed by atoms with Gasteiger partial charge in [-0.25, -0.2) is 0 Å². The Morgan fingerprint density at radius 2 is 1.95 bits per heavy atom. The van der Waals surface area contributed by atoms with Crippen LogP contribution in [0.15, 0.2) is 30.3 Å². The predicted molar refractivity (Wildman–Crippen MR) is 83.8 cm³/mol. The van der Waals surface area contributed by atoms with Crippen molar-refractivity contribution in [3.05, 3.63) is 63.2 Å². The highest BCUT2D eigenvalue weighted by Crippen LogP contribution is 2.35. The van der Waals surface area contributed by atoms with Crippen molar-refractivity contribution in [1.29, 1.82) is 0 Å². The van der Waals surface area contributed by atoms with Gasteiger partial charge in [-0.2, -0.15) is 0 Å². The van der Waals surface area contributed by atoms with Crippen LogP contribution >= 0.6 is 11.6 Å². The quantitative estimate of drug-likeness (QED) is 0.891. The average Bonchev–Trinajstić information content (AvgIpc) is 2.79. The summed E-state index contributed by atoms with van der Waals surface area (Å²) >= 11 is 6.26. The van der Waals surface area contributed by atoms with Crippen molar-refractivity contribution in [3.8, 4) is 0 Å². The van der Waals surface area contributed by atoms with Crippen LogP contribution in [-0.2, 0) is 11.2 Å². The summed E-state index contributed by atoms with van der Waals surface area (Å²) in [7, 11) is 0. The lowest BCUT2D eigenvalue weighted by Crippen LogP contribution is -2.03. The number of rotatable bonds is 2. The Balaban J connectivity index is 2.02. The third-order valence-corrected chi connectivity index (χ3v) is 4.32. The highest BCUT2D eigenvalue weighted by Gasteiger charge is 2.22. The van der Waals surface area contributed by atoms with Crippen molar-refractivity contribution in [2.75, 3.05) is 5.32 Å². The summed E-state index contributed by atoms with van der Waals surface area (Å²) in [4.78, 5) is 11.4. The molecule has 2 aromatic carbocycles. The second kappa shape index (κ2) is 5.17. The largest absolute Gasteiger partial charge is 0.384 e. The number of hydrogen-bond acceptors (Lipinski definition) is 2. The van der Waals surface area contributed by atoms with Crippen molar-refractivity contribution < 1.29 is 9.90 Å². The van der Waals surface area contributed by atoms with Crippen LogP contribution in [0, 0.1) is 13.8 Å². The Hall–Kier alpha value is -1.84. The van der Waals surface area contributed by atoms with Gasteiger partial charge in [0.2, 0.25) is 5.91 Å². The van der Waals surface area contributed by atoms with Crippen molar-refractivity contribution in [3.63, 3.8) is 0 Å². The summed E-state index contributed by atoms with van der Waals surface area (Å²) < 4.78 is 0. The normalized spacial score (nSPS) is 14.8. The molecular formula is C17H16ClNO2. The zero-order chi connectivity index (χ0) is 15.1. The molecule has 1 amide bonds. The number of carbonyl (C=O) groups is 1. The molecule has 3 nitrogen and oxygen atoms in total. The molecule has 0 aliphatic carbocycles. The van der Waals surface area contributed by atoms with E-state index in [1.165, 1.54) is 5.56 Å². The van der Waals surface area contributed by atoms with E-state index in [2.05, 4.69) is 5.32 Å². The van der Waals surface area contributed by atoms with Crippen LogP contribution in [0.25, 0.3) is 0 Å². The molecule has 4 heteroatoms. The van der Waals surface area contributed by atoms with E-state index in [9.17, 15) is 9.90 Å². The van der Waals surface area contributed by atoms with Gasteiger partial charge < -0.3 is 10.4 Å². The van der Waals surface area contributed by atoms with E-state index in [1.807, 2.05) is 38.1 Å². The second-order valence-electron chi connectivity index (χ2n) is 5.50. The Kier molecular flexibility index (Phi) is 3.47. The van der Waals surface area contributed by atoms with Gasteiger partial charge in [-0.15, -0.1) is 0 Å². The van der Waals surface area contributed by atoms with Crippen molar-refractivity contribution in [2.45, 2.75) is 26.4 Å². The molecule has 1 atom stereocenters. The van der Waals surface area contributed by atoms with E-state index in [1.54, 1.807) is 6.07 Å². The number of benzene rings is 2. The number of hydrogen-bond donors (Lipinski definition) is 2. The zero-order valence-electron chi connectivity index (χ0n) is 11.9. The molecule has 21 heavy (non-hydrogen) atoms. The first kappa shape index (κ1) is 14.1. The van der Waals surface area contributed by atoms with E-state index in [-0.39, 0.29) is 5.91 Å². The fraction of sp³-hybridized carbons (Fsp3) is 0.235. The van der Waals surface area contributed by atoms with E-state index >= 15 is 0 Å². The predicted octanol–water partition coefficient (Wildman–Crippen LogP) is 3.53. The Labute approximate surface area is 128 Å². The van der Waals surface area contributed by atoms with E-state index in [0.29, 0.717) is 17.0 Å². The molecule has 0 spiro atoms. The number of carbonyl (C=O) groups excluding carboxylic acids is 1. The fourth-order valence-electron chi connectivity index (χ4n) is 2.59. The van der Waals surface area contributed by atoms with Crippen molar-refractivity contribution in [1.82, 2.24) is 0 Å². The molecule has 108 valence electrons. The zero-order valence-corrected chi connectivity index (χ0v) is 12.7. The van der Waals surface area contributed by atoms with Gasteiger partial charge in [0.1, 0.15) is 6.10 Å². The summed E-state index contributed by atoms with van der Waals surface area (Å²) in [5, 5.41) is 13.8. The van der Waals surface area contributed by atoms with Gasteiger partial charge in [0.15, 0.2) is 0 Å². The van der Waals surface area contributed by atoms with Gasteiger partial charge in [0, 0.05) is 16.3 Å². The number of amides is 1. The Morgan fingerprint density at radius 3 is 2.67 bits per heavy atom. The van der Waals surface area contributed by atoms with E-state index < -0.39 is 6.10 Å². The van der Waals surface area contributed by atoms with Crippen LogP contribution in [0.4, 0.5) is 5.69 Å². The second-order valence-corrected chi connectivity index (χ2v) is 5.91. The highest BCUT2D eigenvalue weighted by atomic mass is 35.5. The maximum Gasteiger partial charge on any atom is 0.228 e. The van der Waals surface area contributed by atoms with Crippen LogP contribution in [0.3, 0.4) is 0 Å². The number of halogens is 1. The number of aliphatic hydroxyl groups excluding tert-OH is 1. The van der Waals surface area contributed by atoms with Crippen LogP contribution in [0.5, 0.6) is 0 Å². The molecule has 3 rings (SSSR count). The first-order valence-corrected chi connectivity index (χ1v) is 7.21. The molecule has 1 heterocycles. The number of aryl methyl sites for hydroxylation is 2. The smallest absolute Gasteiger partial charge is 0.228 e. The molecule has 1 aliphatic rings. The molecule has 0 saturated heterocycles. The highest BCUT2D eigenvalue weighted by molar-refractivity contribution is 6.32. The third-order valence-electron chi connectivity index (χ3n) is 3.99. The molecule has 1 unspecified atom stereocenters. The summed E-state index contributed by atoms with van der Waals surface area (Å²) in [5.41, 5.74) is 5.36. The maximum atomic E-state index is 11.4. The van der Waals surface area contributed by atoms with Crippen LogP contribution in [-0.4, -0.2) is 11.0 Å². The van der Waals surface area contributed by atoms with Gasteiger partial charge >= 0.3 is 0 Å². The van der Waals surface area contributed by atoms with Crippen molar-refractivity contribution >= 4 is 23.2 Å². The Morgan fingerprint density at radius 1 is 1.19 bits per heavy atom. The van der Waals surface area contributed by atoms with Crippen molar-refractivity contribution in [2.24, 2.45) is 0 Å². The molecule has 2 aromatic rings. The molecule has 0 aromatic heterocycles. The van der Waals surface area contributed by atoms with Crippen LogP contribution in [0.1, 0.15) is 33.9 Å². The molecule has 0 bridgehead atoms. The van der Waals surface area contributed by atoms with Crippen LogP contribution in [0.2, 0.25) is 5.02 Å². The molecule has 1 aliphatic heterocycles.